The summed E-state index contributed by atoms with van der Waals surface area (Å²) in [6.45, 7) is 0.946. The van der Waals surface area contributed by atoms with Gasteiger partial charge in [0, 0.05) is 0 Å². The fourth-order valence-electron chi connectivity index (χ4n) is 1.91. The molecule has 0 atom stereocenters. The van der Waals surface area contributed by atoms with Gasteiger partial charge in [0.2, 0.25) is 5.88 Å². The highest BCUT2D eigenvalue weighted by Crippen LogP contribution is 2.17. The average molecular weight is 333 g/mol. The largest absolute Gasteiger partial charge is 0.465 e. The maximum absolute atomic E-state index is 11.9. The molecule has 1 amide bonds. The van der Waals surface area contributed by atoms with Crippen LogP contribution in [0.15, 0.2) is 28.8 Å². The van der Waals surface area contributed by atoms with Crippen molar-refractivity contribution < 1.29 is 28.4 Å². The van der Waals surface area contributed by atoms with Crippen LogP contribution >= 0.6 is 0 Å². The lowest BCUT2D eigenvalue weighted by Crippen LogP contribution is -2.22. The standard InChI is InChI=1S/C15H15N3O6/c1-8-12(13(16)24-18-8)15(21)23-7-11(19)17-10-6-4-3-5-9(10)14(20)22-2/h3-6H,7,16H2,1-2H3,(H,17,19). The minimum Gasteiger partial charge on any atom is -0.465 e. The van der Waals surface area contributed by atoms with Crippen LogP contribution in [0.5, 0.6) is 0 Å². The van der Waals surface area contributed by atoms with E-state index in [1.807, 2.05) is 0 Å². The third-order valence-corrected chi connectivity index (χ3v) is 3.03. The van der Waals surface area contributed by atoms with E-state index in [1.165, 1.54) is 26.2 Å². The van der Waals surface area contributed by atoms with E-state index in [1.54, 1.807) is 12.1 Å². The molecule has 1 heterocycles. The zero-order valence-corrected chi connectivity index (χ0v) is 13.0. The number of methoxy groups -OCH3 is 1. The molecular formula is C15H15N3O6. The van der Waals surface area contributed by atoms with Crippen LogP contribution < -0.4 is 11.1 Å². The van der Waals surface area contributed by atoms with Gasteiger partial charge in [-0.15, -0.1) is 0 Å². The van der Waals surface area contributed by atoms with Crippen molar-refractivity contribution in [1.29, 1.82) is 0 Å². The molecule has 0 spiro atoms. The van der Waals surface area contributed by atoms with Crippen molar-refractivity contribution >= 4 is 29.4 Å². The van der Waals surface area contributed by atoms with E-state index in [9.17, 15) is 14.4 Å². The topological polar surface area (TPSA) is 134 Å². The maximum atomic E-state index is 11.9. The molecule has 126 valence electrons. The van der Waals surface area contributed by atoms with Crippen molar-refractivity contribution in [3.63, 3.8) is 0 Å². The number of carbonyl (C=O) groups excluding carboxylic acids is 3. The number of aromatic nitrogens is 1. The lowest BCUT2D eigenvalue weighted by atomic mass is 10.2. The van der Waals surface area contributed by atoms with Gasteiger partial charge >= 0.3 is 11.9 Å². The monoisotopic (exact) mass is 333 g/mol. The van der Waals surface area contributed by atoms with Gasteiger partial charge in [-0.25, -0.2) is 9.59 Å². The Labute approximate surface area is 136 Å². The van der Waals surface area contributed by atoms with Crippen LogP contribution in [-0.4, -0.2) is 36.7 Å². The Morgan fingerprint density at radius 1 is 1.25 bits per heavy atom. The number of nitrogens with two attached hydrogens (primary N) is 1. The van der Waals surface area contributed by atoms with E-state index in [-0.39, 0.29) is 28.4 Å². The lowest BCUT2D eigenvalue weighted by molar-refractivity contribution is -0.119. The highest BCUT2D eigenvalue weighted by molar-refractivity contribution is 6.02. The maximum Gasteiger partial charge on any atom is 0.346 e. The molecule has 9 heteroatoms. The van der Waals surface area contributed by atoms with Crippen LogP contribution in [0.25, 0.3) is 0 Å². The number of nitrogens with zero attached hydrogens (tertiary/aromatic N) is 1. The minimum atomic E-state index is -0.831. The van der Waals surface area contributed by atoms with Gasteiger partial charge in [0.1, 0.15) is 5.56 Å². The van der Waals surface area contributed by atoms with Gasteiger partial charge in [0.05, 0.1) is 24.1 Å². The van der Waals surface area contributed by atoms with Crippen LogP contribution in [0.4, 0.5) is 11.6 Å². The highest BCUT2D eigenvalue weighted by atomic mass is 16.5. The fourth-order valence-corrected chi connectivity index (χ4v) is 1.91. The van der Waals surface area contributed by atoms with E-state index in [0.717, 1.165) is 0 Å². The van der Waals surface area contributed by atoms with Gasteiger partial charge in [0.15, 0.2) is 6.61 Å². The number of para-hydroxylation sites is 1. The number of rotatable bonds is 5. The summed E-state index contributed by atoms with van der Waals surface area (Å²) >= 11 is 0. The third kappa shape index (κ3) is 3.69. The number of anilines is 2. The van der Waals surface area contributed by atoms with Crippen LogP contribution in [0.1, 0.15) is 26.4 Å². The zero-order valence-electron chi connectivity index (χ0n) is 13.0. The Morgan fingerprint density at radius 2 is 1.96 bits per heavy atom. The van der Waals surface area contributed by atoms with Crippen LogP contribution in [0.3, 0.4) is 0 Å². The van der Waals surface area contributed by atoms with Crippen molar-refractivity contribution in [2.75, 3.05) is 24.8 Å². The summed E-state index contributed by atoms with van der Waals surface area (Å²) in [7, 11) is 1.23. The van der Waals surface area contributed by atoms with E-state index >= 15 is 0 Å². The molecule has 0 aliphatic heterocycles. The number of carbonyl (C=O) groups is 3. The molecule has 1 aromatic carbocycles. The predicted molar refractivity (Wildman–Crippen MR) is 82.3 cm³/mol. The quantitative estimate of drug-likeness (QED) is 0.778. The Morgan fingerprint density at radius 3 is 2.58 bits per heavy atom. The SMILES string of the molecule is COC(=O)c1ccccc1NC(=O)COC(=O)c1c(C)noc1N. The predicted octanol–water partition coefficient (Wildman–Crippen LogP) is 1.15. The molecule has 2 rings (SSSR count). The summed E-state index contributed by atoms with van der Waals surface area (Å²) in [6, 6.07) is 6.28. The Hall–Kier alpha value is -3.36. The van der Waals surface area contributed by atoms with Crippen molar-refractivity contribution in [2.24, 2.45) is 0 Å². The molecule has 0 bridgehead atoms. The second kappa shape index (κ2) is 7.27. The number of hydrogen-bond donors (Lipinski definition) is 2. The molecule has 0 unspecified atom stereocenters. The van der Waals surface area contributed by atoms with Crippen LogP contribution in [-0.2, 0) is 14.3 Å². The molecule has 1 aromatic heterocycles. The van der Waals surface area contributed by atoms with Crippen molar-refractivity contribution in [3.8, 4) is 0 Å². The Balaban J connectivity index is 2.00. The molecule has 0 saturated carbocycles. The first-order valence-corrected chi connectivity index (χ1v) is 6.80. The Bertz CT molecular complexity index is 764. The molecule has 0 aliphatic carbocycles. The van der Waals surface area contributed by atoms with Crippen LogP contribution in [0.2, 0.25) is 0 Å². The highest BCUT2D eigenvalue weighted by Gasteiger charge is 2.21. The number of aryl methyl sites for hydroxylation is 1. The number of esters is 2. The smallest absolute Gasteiger partial charge is 0.346 e. The molecular weight excluding hydrogens is 318 g/mol. The normalized spacial score (nSPS) is 10.1. The molecule has 9 nitrogen and oxygen atoms in total. The first-order chi connectivity index (χ1) is 11.4. The number of nitrogen functional groups attached to an aromatic ring is 1. The first-order valence-electron chi connectivity index (χ1n) is 6.80. The molecule has 0 radical (unpaired) electrons. The van der Waals surface area contributed by atoms with Crippen molar-refractivity contribution in [2.45, 2.75) is 6.92 Å². The number of benzene rings is 1. The van der Waals surface area contributed by atoms with Gasteiger partial charge in [-0.2, -0.15) is 0 Å². The molecule has 2 aromatic rings. The third-order valence-electron chi connectivity index (χ3n) is 3.03. The van der Waals surface area contributed by atoms with E-state index in [2.05, 4.69) is 19.7 Å². The molecule has 24 heavy (non-hydrogen) atoms. The van der Waals surface area contributed by atoms with Gasteiger partial charge < -0.3 is 25.0 Å². The van der Waals surface area contributed by atoms with Gasteiger partial charge in [-0.05, 0) is 19.1 Å². The summed E-state index contributed by atoms with van der Waals surface area (Å²) < 4.78 is 14.1. The summed E-state index contributed by atoms with van der Waals surface area (Å²) in [6.07, 6.45) is 0. The zero-order chi connectivity index (χ0) is 17.7. The average Bonchev–Trinajstić information content (AvgIpc) is 2.91. The second-order valence-corrected chi connectivity index (χ2v) is 4.67. The van der Waals surface area contributed by atoms with Crippen LogP contribution in [0, 0.1) is 6.92 Å². The molecule has 0 saturated heterocycles. The van der Waals surface area contributed by atoms with Gasteiger partial charge in [0.25, 0.3) is 5.91 Å². The van der Waals surface area contributed by atoms with Gasteiger partial charge in [-0.3, -0.25) is 4.79 Å². The fraction of sp³-hybridized carbons (Fsp3) is 0.200. The first kappa shape index (κ1) is 17.0. The second-order valence-electron chi connectivity index (χ2n) is 4.67. The Kier molecular flexibility index (Phi) is 5.15. The minimum absolute atomic E-state index is 0.0299. The number of hydrogen-bond acceptors (Lipinski definition) is 8. The number of amides is 1. The van der Waals surface area contributed by atoms with E-state index in [4.69, 9.17) is 10.5 Å². The van der Waals surface area contributed by atoms with E-state index < -0.39 is 24.5 Å². The molecule has 0 fully saturated rings. The number of nitrogens with one attached hydrogen (secondary N) is 1. The number of ether oxygens (including phenoxy) is 2. The summed E-state index contributed by atoms with van der Waals surface area (Å²) in [5, 5.41) is 5.99. The van der Waals surface area contributed by atoms with E-state index in [0.29, 0.717) is 0 Å². The summed E-state index contributed by atoms with van der Waals surface area (Å²) in [5.74, 6) is -2.25. The van der Waals surface area contributed by atoms with Gasteiger partial charge in [-0.1, -0.05) is 17.3 Å². The summed E-state index contributed by atoms with van der Waals surface area (Å²) in [4.78, 5) is 35.4. The lowest BCUT2D eigenvalue weighted by Gasteiger charge is -2.09. The summed E-state index contributed by atoms with van der Waals surface area (Å²) in [5.41, 5.74) is 6.11. The van der Waals surface area contributed by atoms with Crippen molar-refractivity contribution in [3.05, 3.63) is 41.1 Å². The van der Waals surface area contributed by atoms with Crippen molar-refractivity contribution in [1.82, 2.24) is 5.16 Å². The molecule has 3 N–H and O–H groups in total. The molecule has 0 aliphatic rings.